The standard InChI is InChI=1S/C20H20N2O/c1-13-14(2)21-18-10-9-16(12-17(13)18)20(23)22-11-5-7-15-6-3-4-8-19(15)22/h3-4,6,8-10,12,21H,5,7,11H2,1-2H3. The highest BCUT2D eigenvalue weighted by atomic mass is 16.2. The number of hydrogen-bond acceptors (Lipinski definition) is 1. The zero-order valence-corrected chi connectivity index (χ0v) is 13.5. The molecule has 0 bridgehead atoms. The molecule has 0 fully saturated rings. The van der Waals surface area contributed by atoms with Crippen LogP contribution in [0, 0.1) is 13.8 Å². The number of amides is 1. The molecule has 1 amide bonds. The summed E-state index contributed by atoms with van der Waals surface area (Å²) in [7, 11) is 0. The third-order valence-corrected chi connectivity index (χ3v) is 4.91. The van der Waals surface area contributed by atoms with Crippen LogP contribution < -0.4 is 4.90 Å². The Morgan fingerprint density at radius 3 is 2.83 bits per heavy atom. The number of carbonyl (C=O) groups excluding carboxylic acids is 1. The van der Waals surface area contributed by atoms with Crippen molar-refractivity contribution in [2.24, 2.45) is 0 Å². The molecule has 0 saturated carbocycles. The molecule has 2 aromatic carbocycles. The summed E-state index contributed by atoms with van der Waals surface area (Å²) in [6, 6.07) is 14.2. The van der Waals surface area contributed by atoms with Crippen LogP contribution in [0.25, 0.3) is 10.9 Å². The van der Waals surface area contributed by atoms with Gasteiger partial charge in [0.25, 0.3) is 5.91 Å². The molecule has 0 radical (unpaired) electrons. The molecule has 3 nitrogen and oxygen atoms in total. The lowest BCUT2D eigenvalue weighted by Gasteiger charge is -2.29. The van der Waals surface area contributed by atoms with Gasteiger partial charge in [0.2, 0.25) is 0 Å². The molecule has 2 heterocycles. The molecule has 0 unspecified atom stereocenters. The maximum atomic E-state index is 13.0. The van der Waals surface area contributed by atoms with Crippen LogP contribution in [-0.2, 0) is 6.42 Å². The molecular formula is C20H20N2O. The molecule has 1 N–H and O–H groups in total. The topological polar surface area (TPSA) is 36.1 Å². The highest BCUT2D eigenvalue weighted by Gasteiger charge is 2.23. The van der Waals surface area contributed by atoms with Gasteiger partial charge in [0.1, 0.15) is 0 Å². The summed E-state index contributed by atoms with van der Waals surface area (Å²) in [5.41, 5.74) is 6.56. The number of para-hydroxylation sites is 1. The highest BCUT2D eigenvalue weighted by Crippen LogP contribution is 2.29. The van der Waals surface area contributed by atoms with E-state index in [9.17, 15) is 4.79 Å². The molecule has 0 atom stereocenters. The molecule has 1 aliphatic heterocycles. The first-order valence-electron chi connectivity index (χ1n) is 8.14. The second-order valence-electron chi connectivity index (χ2n) is 6.32. The van der Waals surface area contributed by atoms with Gasteiger partial charge >= 0.3 is 0 Å². The summed E-state index contributed by atoms with van der Waals surface area (Å²) in [6.45, 7) is 4.95. The molecule has 23 heavy (non-hydrogen) atoms. The van der Waals surface area contributed by atoms with E-state index in [4.69, 9.17) is 0 Å². The Hall–Kier alpha value is -2.55. The summed E-state index contributed by atoms with van der Waals surface area (Å²) in [5.74, 6) is 0.0947. The van der Waals surface area contributed by atoms with E-state index in [-0.39, 0.29) is 5.91 Å². The quantitative estimate of drug-likeness (QED) is 0.711. The summed E-state index contributed by atoms with van der Waals surface area (Å²) in [4.78, 5) is 18.3. The number of rotatable bonds is 1. The molecular weight excluding hydrogens is 284 g/mol. The monoisotopic (exact) mass is 304 g/mol. The highest BCUT2D eigenvalue weighted by molar-refractivity contribution is 6.08. The minimum atomic E-state index is 0.0947. The van der Waals surface area contributed by atoms with Crippen LogP contribution in [0.1, 0.15) is 33.6 Å². The van der Waals surface area contributed by atoms with Gasteiger partial charge in [0, 0.05) is 34.4 Å². The lowest BCUT2D eigenvalue weighted by atomic mass is 10.0. The van der Waals surface area contributed by atoms with Gasteiger partial charge in [-0.15, -0.1) is 0 Å². The fourth-order valence-electron chi connectivity index (χ4n) is 3.49. The van der Waals surface area contributed by atoms with Gasteiger partial charge < -0.3 is 9.88 Å². The van der Waals surface area contributed by atoms with Crippen LogP contribution in [0.2, 0.25) is 0 Å². The van der Waals surface area contributed by atoms with Crippen molar-refractivity contribution >= 4 is 22.5 Å². The number of anilines is 1. The predicted molar refractivity (Wildman–Crippen MR) is 94.2 cm³/mol. The molecule has 4 rings (SSSR count). The van der Waals surface area contributed by atoms with Gasteiger partial charge in [-0.2, -0.15) is 0 Å². The predicted octanol–water partition coefficient (Wildman–Crippen LogP) is 4.38. The van der Waals surface area contributed by atoms with Crippen molar-refractivity contribution in [1.82, 2.24) is 4.98 Å². The van der Waals surface area contributed by atoms with E-state index in [0.29, 0.717) is 0 Å². The zero-order valence-electron chi connectivity index (χ0n) is 13.5. The first kappa shape index (κ1) is 14.1. The van der Waals surface area contributed by atoms with E-state index in [1.807, 2.05) is 35.2 Å². The SMILES string of the molecule is Cc1[nH]c2ccc(C(=O)N3CCCc4ccccc43)cc2c1C. The van der Waals surface area contributed by atoms with Crippen LogP contribution in [-0.4, -0.2) is 17.4 Å². The van der Waals surface area contributed by atoms with Gasteiger partial charge in [-0.1, -0.05) is 18.2 Å². The van der Waals surface area contributed by atoms with Gasteiger partial charge in [0.15, 0.2) is 0 Å². The van der Waals surface area contributed by atoms with E-state index in [0.717, 1.165) is 47.2 Å². The normalized spacial score (nSPS) is 14.1. The second kappa shape index (κ2) is 5.27. The summed E-state index contributed by atoms with van der Waals surface area (Å²) in [6.07, 6.45) is 2.07. The minimum Gasteiger partial charge on any atom is -0.358 e. The third-order valence-electron chi connectivity index (χ3n) is 4.91. The Kier molecular flexibility index (Phi) is 3.22. The smallest absolute Gasteiger partial charge is 0.258 e. The minimum absolute atomic E-state index is 0.0947. The first-order chi connectivity index (χ1) is 11.1. The van der Waals surface area contributed by atoms with Crippen molar-refractivity contribution in [1.29, 1.82) is 0 Å². The van der Waals surface area contributed by atoms with E-state index in [1.165, 1.54) is 11.1 Å². The largest absolute Gasteiger partial charge is 0.358 e. The number of aromatic nitrogens is 1. The van der Waals surface area contributed by atoms with E-state index in [2.05, 4.69) is 31.0 Å². The summed E-state index contributed by atoms with van der Waals surface area (Å²) >= 11 is 0. The fourth-order valence-corrected chi connectivity index (χ4v) is 3.49. The molecule has 0 aliphatic carbocycles. The zero-order chi connectivity index (χ0) is 16.0. The number of fused-ring (bicyclic) bond motifs is 2. The van der Waals surface area contributed by atoms with Crippen molar-refractivity contribution in [2.75, 3.05) is 11.4 Å². The molecule has 0 saturated heterocycles. The second-order valence-corrected chi connectivity index (χ2v) is 6.32. The van der Waals surface area contributed by atoms with Crippen LogP contribution >= 0.6 is 0 Å². The molecule has 1 aliphatic rings. The molecule has 0 spiro atoms. The van der Waals surface area contributed by atoms with Gasteiger partial charge in [-0.25, -0.2) is 0 Å². The maximum absolute atomic E-state index is 13.0. The average molecular weight is 304 g/mol. The van der Waals surface area contributed by atoms with Crippen LogP contribution in [0.4, 0.5) is 5.69 Å². The Morgan fingerprint density at radius 1 is 1.13 bits per heavy atom. The molecule has 3 heteroatoms. The number of aromatic amines is 1. The Balaban J connectivity index is 1.77. The Morgan fingerprint density at radius 2 is 1.96 bits per heavy atom. The lowest BCUT2D eigenvalue weighted by molar-refractivity contribution is 0.0985. The number of nitrogens with zero attached hydrogens (tertiary/aromatic N) is 1. The summed E-state index contributed by atoms with van der Waals surface area (Å²) in [5, 5.41) is 1.14. The number of nitrogens with one attached hydrogen (secondary N) is 1. The lowest BCUT2D eigenvalue weighted by Crippen LogP contribution is -2.35. The van der Waals surface area contributed by atoms with Crippen LogP contribution in [0.15, 0.2) is 42.5 Å². The number of benzene rings is 2. The van der Waals surface area contributed by atoms with Crippen LogP contribution in [0.5, 0.6) is 0 Å². The van der Waals surface area contributed by atoms with Crippen molar-refractivity contribution in [3.63, 3.8) is 0 Å². The average Bonchev–Trinajstić information content (AvgIpc) is 2.88. The Bertz CT molecular complexity index is 907. The van der Waals surface area contributed by atoms with Crippen molar-refractivity contribution in [3.05, 3.63) is 64.8 Å². The van der Waals surface area contributed by atoms with Gasteiger partial charge in [-0.3, -0.25) is 4.79 Å². The van der Waals surface area contributed by atoms with Crippen molar-refractivity contribution < 1.29 is 4.79 Å². The number of hydrogen-bond donors (Lipinski definition) is 1. The maximum Gasteiger partial charge on any atom is 0.258 e. The molecule has 1 aromatic heterocycles. The van der Waals surface area contributed by atoms with Gasteiger partial charge in [-0.05, 0) is 62.1 Å². The number of H-pyrrole nitrogens is 1. The number of aryl methyl sites for hydroxylation is 3. The third kappa shape index (κ3) is 2.24. The first-order valence-corrected chi connectivity index (χ1v) is 8.14. The Labute approximate surface area is 135 Å². The molecule has 116 valence electrons. The van der Waals surface area contributed by atoms with E-state index >= 15 is 0 Å². The summed E-state index contributed by atoms with van der Waals surface area (Å²) < 4.78 is 0. The van der Waals surface area contributed by atoms with E-state index < -0.39 is 0 Å². The van der Waals surface area contributed by atoms with Gasteiger partial charge in [0.05, 0.1) is 0 Å². The van der Waals surface area contributed by atoms with Crippen LogP contribution in [0.3, 0.4) is 0 Å². The fraction of sp³-hybridized carbons (Fsp3) is 0.250. The molecule has 3 aromatic rings. The van der Waals surface area contributed by atoms with Crippen molar-refractivity contribution in [2.45, 2.75) is 26.7 Å². The number of carbonyl (C=O) groups is 1. The van der Waals surface area contributed by atoms with Crippen molar-refractivity contribution in [3.8, 4) is 0 Å². The van der Waals surface area contributed by atoms with E-state index in [1.54, 1.807) is 0 Å².